The molecule has 0 saturated carbocycles. The van der Waals surface area contributed by atoms with Gasteiger partial charge in [0.25, 0.3) is 0 Å². The highest BCUT2D eigenvalue weighted by molar-refractivity contribution is 6.11. The van der Waals surface area contributed by atoms with E-state index >= 15 is 0 Å². The van der Waals surface area contributed by atoms with Gasteiger partial charge in [-0.1, -0.05) is 18.2 Å². The van der Waals surface area contributed by atoms with Crippen LogP contribution < -0.4 is 18.9 Å². The Morgan fingerprint density at radius 3 is 2.17 bits per heavy atom. The molecule has 154 valence electrons. The molecule has 0 aliphatic heterocycles. The summed E-state index contributed by atoms with van der Waals surface area (Å²) in [7, 11) is 4.45. The van der Waals surface area contributed by atoms with Crippen LogP contribution in [0.1, 0.15) is 26.5 Å². The molecule has 30 heavy (non-hydrogen) atoms. The number of furan rings is 1. The number of rotatable bonds is 8. The summed E-state index contributed by atoms with van der Waals surface area (Å²) >= 11 is 0. The summed E-state index contributed by atoms with van der Waals surface area (Å²) in [6.45, 7) is 0. The van der Waals surface area contributed by atoms with E-state index < -0.39 is 11.8 Å². The van der Waals surface area contributed by atoms with Gasteiger partial charge in [0.2, 0.25) is 5.76 Å². The minimum Gasteiger partial charge on any atom is -0.497 e. The standard InChI is InChI=1S/C23H20O7/c1-26-16-9-6-15(7-10-16)8-11-18(24)22-20(28-3)13-17(27-2)14-21(22)30-23(25)19-5-4-12-29-19/h4-14H,1-3H3/b11-8+. The van der Waals surface area contributed by atoms with E-state index in [0.717, 1.165) is 5.56 Å². The number of carbonyl (C=O) groups is 2. The maximum absolute atomic E-state index is 13.0. The highest BCUT2D eigenvalue weighted by Gasteiger charge is 2.22. The summed E-state index contributed by atoms with van der Waals surface area (Å²) in [5, 5.41) is 0. The second-order valence-electron chi connectivity index (χ2n) is 6.04. The van der Waals surface area contributed by atoms with E-state index in [1.54, 1.807) is 37.5 Å². The Morgan fingerprint density at radius 1 is 0.867 bits per heavy atom. The van der Waals surface area contributed by atoms with Gasteiger partial charge in [0.05, 0.1) is 27.6 Å². The van der Waals surface area contributed by atoms with Crippen LogP contribution >= 0.6 is 0 Å². The number of esters is 1. The third-order valence-electron chi connectivity index (χ3n) is 4.21. The first-order chi connectivity index (χ1) is 14.5. The molecule has 7 nitrogen and oxygen atoms in total. The number of carbonyl (C=O) groups excluding carboxylic acids is 2. The average molecular weight is 408 g/mol. The van der Waals surface area contributed by atoms with E-state index in [-0.39, 0.29) is 22.8 Å². The molecule has 0 unspecified atom stereocenters. The lowest BCUT2D eigenvalue weighted by molar-refractivity contribution is 0.0699. The van der Waals surface area contributed by atoms with Crippen molar-refractivity contribution in [3.63, 3.8) is 0 Å². The van der Waals surface area contributed by atoms with Crippen molar-refractivity contribution in [1.82, 2.24) is 0 Å². The van der Waals surface area contributed by atoms with Crippen LogP contribution in [-0.2, 0) is 0 Å². The molecule has 0 bridgehead atoms. The van der Waals surface area contributed by atoms with Crippen LogP contribution in [0.3, 0.4) is 0 Å². The minimum atomic E-state index is -0.747. The van der Waals surface area contributed by atoms with Gasteiger partial charge >= 0.3 is 5.97 Å². The molecule has 7 heteroatoms. The Kier molecular flexibility index (Phi) is 6.54. The van der Waals surface area contributed by atoms with E-state index in [2.05, 4.69) is 0 Å². The summed E-state index contributed by atoms with van der Waals surface area (Å²) < 4.78 is 26.2. The number of hydrogen-bond acceptors (Lipinski definition) is 7. The van der Waals surface area contributed by atoms with Gasteiger partial charge in [-0.3, -0.25) is 4.79 Å². The zero-order chi connectivity index (χ0) is 21.5. The first kappa shape index (κ1) is 20.7. The van der Waals surface area contributed by atoms with E-state index in [0.29, 0.717) is 11.5 Å². The molecule has 0 saturated heterocycles. The number of ketones is 1. The number of benzene rings is 2. The smallest absolute Gasteiger partial charge is 0.379 e. The maximum atomic E-state index is 13.0. The Hall–Kier alpha value is -4.00. The van der Waals surface area contributed by atoms with Crippen molar-refractivity contribution in [2.24, 2.45) is 0 Å². The molecule has 0 aliphatic carbocycles. The fraction of sp³-hybridized carbons (Fsp3) is 0.130. The van der Waals surface area contributed by atoms with Gasteiger partial charge < -0.3 is 23.4 Å². The zero-order valence-corrected chi connectivity index (χ0v) is 16.7. The van der Waals surface area contributed by atoms with Crippen LogP contribution in [0, 0.1) is 0 Å². The molecule has 0 fully saturated rings. The highest BCUT2D eigenvalue weighted by atomic mass is 16.6. The topological polar surface area (TPSA) is 84.2 Å². The van der Waals surface area contributed by atoms with Crippen LogP contribution in [0.25, 0.3) is 6.08 Å². The van der Waals surface area contributed by atoms with Gasteiger partial charge in [-0.05, 0) is 35.9 Å². The maximum Gasteiger partial charge on any atom is 0.379 e. The fourth-order valence-electron chi connectivity index (χ4n) is 2.68. The number of methoxy groups -OCH3 is 3. The van der Waals surface area contributed by atoms with Crippen molar-refractivity contribution in [3.8, 4) is 23.0 Å². The molecule has 0 amide bonds. The molecule has 3 rings (SSSR count). The van der Waals surface area contributed by atoms with E-state index in [1.165, 1.54) is 38.7 Å². The van der Waals surface area contributed by atoms with Crippen molar-refractivity contribution in [2.45, 2.75) is 0 Å². The zero-order valence-electron chi connectivity index (χ0n) is 16.7. The van der Waals surface area contributed by atoms with Gasteiger partial charge in [-0.15, -0.1) is 0 Å². The lowest BCUT2D eigenvalue weighted by Gasteiger charge is -2.13. The predicted octanol–water partition coefficient (Wildman–Crippen LogP) is 4.42. The van der Waals surface area contributed by atoms with E-state index in [4.69, 9.17) is 23.4 Å². The van der Waals surface area contributed by atoms with Crippen molar-refractivity contribution in [3.05, 3.63) is 77.8 Å². The summed E-state index contributed by atoms with van der Waals surface area (Å²) in [5.41, 5.74) is 0.883. The van der Waals surface area contributed by atoms with Gasteiger partial charge in [0, 0.05) is 12.1 Å². The predicted molar refractivity (Wildman–Crippen MR) is 110 cm³/mol. The van der Waals surface area contributed by atoms with Crippen LogP contribution in [0.4, 0.5) is 0 Å². The Bertz CT molecular complexity index is 1050. The Balaban J connectivity index is 1.94. The third kappa shape index (κ3) is 4.70. The fourth-order valence-corrected chi connectivity index (χ4v) is 2.68. The molecule has 0 N–H and O–H groups in total. The first-order valence-corrected chi connectivity index (χ1v) is 8.94. The first-order valence-electron chi connectivity index (χ1n) is 8.94. The second kappa shape index (κ2) is 9.47. The van der Waals surface area contributed by atoms with Crippen LogP contribution in [0.15, 0.2) is 65.3 Å². The minimum absolute atomic E-state index is 0.00280. The molecule has 1 heterocycles. The van der Waals surface area contributed by atoms with Crippen molar-refractivity contribution in [2.75, 3.05) is 21.3 Å². The SMILES string of the molecule is COc1ccc(/C=C/C(=O)c2c(OC)cc(OC)cc2OC(=O)c2ccco2)cc1. The molecule has 2 aromatic carbocycles. The lowest BCUT2D eigenvalue weighted by atomic mass is 10.1. The molecular formula is C23H20O7. The molecule has 0 radical (unpaired) electrons. The summed E-state index contributed by atoms with van der Waals surface area (Å²) in [6, 6.07) is 13.2. The van der Waals surface area contributed by atoms with Crippen LogP contribution in [0.5, 0.6) is 23.0 Å². The normalized spacial score (nSPS) is 10.6. The molecule has 0 atom stereocenters. The molecular weight excluding hydrogens is 388 g/mol. The Labute approximate surface area is 173 Å². The average Bonchev–Trinajstić information content (AvgIpc) is 3.32. The second-order valence-corrected chi connectivity index (χ2v) is 6.04. The van der Waals surface area contributed by atoms with E-state index in [1.807, 2.05) is 12.1 Å². The van der Waals surface area contributed by atoms with Gasteiger partial charge in [-0.2, -0.15) is 0 Å². The number of allylic oxidation sites excluding steroid dienone is 1. The largest absolute Gasteiger partial charge is 0.497 e. The highest BCUT2D eigenvalue weighted by Crippen LogP contribution is 2.35. The van der Waals surface area contributed by atoms with Crippen molar-refractivity contribution < 1.29 is 33.0 Å². The summed E-state index contributed by atoms with van der Waals surface area (Å²) in [6.07, 6.45) is 4.37. The molecule has 0 aliphatic rings. The summed E-state index contributed by atoms with van der Waals surface area (Å²) in [4.78, 5) is 25.3. The monoisotopic (exact) mass is 408 g/mol. The van der Waals surface area contributed by atoms with Crippen molar-refractivity contribution >= 4 is 17.8 Å². The molecule has 0 spiro atoms. The van der Waals surface area contributed by atoms with Gasteiger partial charge in [0.15, 0.2) is 5.78 Å². The molecule has 3 aromatic rings. The van der Waals surface area contributed by atoms with E-state index in [9.17, 15) is 9.59 Å². The molecule has 1 aromatic heterocycles. The number of ether oxygens (including phenoxy) is 4. The number of hydrogen-bond donors (Lipinski definition) is 0. The van der Waals surface area contributed by atoms with Gasteiger partial charge in [0.1, 0.15) is 28.6 Å². The van der Waals surface area contributed by atoms with Crippen LogP contribution in [0.2, 0.25) is 0 Å². The quantitative estimate of drug-likeness (QED) is 0.236. The third-order valence-corrected chi connectivity index (χ3v) is 4.21. The van der Waals surface area contributed by atoms with Gasteiger partial charge in [-0.25, -0.2) is 4.79 Å². The van der Waals surface area contributed by atoms with Crippen LogP contribution in [-0.4, -0.2) is 33.1 Å². The summed E-state index contributed by atoms with van der Waals surface area (Å²) in [5.74, 6) is 0.130. The Morgan fingerprint density at radius 2 is 1.57 bits per heavy atom. The van der Waals surface area contributed by atoms with Crippen molar-refractivity contribution in [1.29, 1.82) is 0 Å². The lowest BCUT2D eigenvalue weighted by Crippen LogP contribution is -2.11.